The van der Waals surface area contributed by atoms with E-state index in [1.807, 2.05) is 0 Å². The van der Waals surface area contributed by atoms with E-state index in [2.05, 4.69) is 19.2 Å². The van der Waals surface area contributed by atoms with Crippen LogP contribution in [0.4, 0.5) is 22.0 Å². The standard InChI is InChI=1S/C12H12F5NO4/c1-3-21-8(19)5-6-4-7(9(13)14)11(20-2)18-10(6)22-12(15,16)17/h4,9H,3,5H2,1-2H3. The molecule has 0 aliphatic carbocycles. The molecule has 1 rings (SSSR count). The smallest absolute Gasteiger partial charge is 0.481 e. The predicted molar refractivity (Wildman–Crippen MR) is 62.8 cm³/mol. The Hall–Kier alpha value is -2.13. The minimum atomic E-state index is -5.10. The molecule has 0 aliphatic heterocycles. The zero-order valence-corrected chi connectivity index (χ0v) is 11.5. The molecule has 22 heavy (non-hydrogen) atoms. The maximum atomic E-state index is 12.9. The minimum absolute atomic E-state index is 0.0143. The SMILES string of the molecule is CCOC(=O)Cc1cc(C(F)F)c(OC)nc1OC(F)(F)F. The molecule has 0 fully saturated rings. The van der Waals surface area contributed by atoms with Crippen LogP contribution < -0.4 is 9.47 Å². The van der Waals surface area contributed by atoms with Crippen LogP contribution in [-0.2, 0) is 16.0 Å². The van der Waals surface area contributed by atoms with E-state index < -0.39 is 48.1 Å². The quantitative estimate of drug-likeness (QED) is 0.593. The fraction of sp³-hybridized carbons (Fsp3) is 0.500. The van der Waals surface area contributed by atoms with Gasteiger partial charge >= 0.3 is 12.3 Å². The van der Waals surface area contributed by atoms with Gasteiger partial charge in [-0.05, 0) is 13.0 Å². The molecule has 0 unspecified atom stereocenters. The molecular formula is C12H12F5NO4. The summed E-state index contributed by atoms with van der Waals surface area (Å²) in [6.07, 6.45) is -8.85. The van der Waals surface area contributed by atoms with Gasteiger partial charge < -0.3 is 14.2 Å². The third-order valence-corrected chi connectivity index (χ3v) is 2.34. The van der Waals surface area contributed by atoms with Crippen LogP contribution in [0.2, 0.25) is 0 Å². The average molecular weight is 329 g/mol. The number of methoxy groups -OCH3 is 1. The Bertz CT molecular complexity index is 533. The molecule has 1 aromatic rings. The summed E-state index contributed by atoms with van der Waals surface area (Å²) in [6.45, 7) is 1.47. The molecule has 0 saturated carbocycles. The maximum absolute atomic E-state index is 12.9. The number of alkyl halides is 5. The summed E-state index contributed by atoms with van der Waals surface area (Å²) in [4.78, 5) is 14.6. The number of nitrogens with zero attached hydrogens (tertiary/aromatic N) is 1. The van der Waals surface area contributed by atoms with Crippen LogP contribution in [0.1, 0.15) is 24.5 Å². The number of esters is 1. The summed E-state index contributed by atoms with van der Waals surface area (Å²) in [6, 6.07) is 0.675. The first kappa shape index (κ1) is 17.9. The predicted octanol–water partition coefficient (Wildman–Crippen LogP) is 3.03. The van der Waals surface area contributed by atoms with Gasteiger partial charge in [-0.25, -0.2) is 8.78 Å². The molecule has 0 amide bonds. The second-order valence-corrected chi connectivity index (χ2v) is 3.88. The first-order valence-electron chi connectivity index (χ1n) is 5.95. The molecule has 10 heteroatoms. The van der Waals surface area contributed by atoms with Gasteiger partial charge in [-0.2, -0.15) is 4.98 Å². The van der Waals surface area contributed by atoms with Crippen molar-refractivity contribution in [3.05, 3.63) is 17.2 Å². The van der Waals surface area contributed by atoms with Gasteiger partial charge in [-0.3, -0.25) is 4.79 Å². The Morgan fingerprint density at radius 3 is 2.41 bits per heavy atom. The fourth-order valence-corrected chi connectivity index (χ4v) is 1.55. The Balaban J connectivity index is 3.28. The van der Waals surface area contributed by atoms with Crippen LogP contribution in [0.5, 0.6) is 11.8 Å². The van der Waals surface area contributed by atoms with Crippen molar-refractivity contribution in [2.45, 2.75) is 26.1 Å². The van der Waals surface area contributed by atoms with Gasteiger partial charge in [0, 0.05) is 5.56 Å². The van der Waals surface area contributed by atoms with Crippen molar-refractivity contribution in [2.75, 3.05) is 13.7 Å². The van der Waals surface area contributed by atoms with Gasteiger partial charge in [0.05, 0.1) is 25.7 Å². The molecule has 0 aromatic carbocycles. The normalized spacial score (nSPS) is 11.5. The molecule has 0 radical (unpaired) electrons. The van der Waals surface area contributed by atoms with E-state index in [4.69, 9.17) is 0 Å². The van der Waals surface area contributed by atoms with Gasteiger partial charge in [0.25, 0.3) is 6.43 Å². The molecule has 124 valence electrons. The molecule has 0 N–H and O–H groups in total. The van der Waals surface area contributed by atoms with E-state index in [1.54, 1.807) is 0 Å². The lowest BCUT2D eigenvalue weighted by atomic mass is 10.1. The summed E-state index contributed by atoms with van der Waals surface area (Å²) in [5, 5.41) is 0. The van der Waals surface area contributed by atoms with E-state index in [1.165, 1.54) is 6.92 Å². The minimum Gasteiger partial charge on any atom is -0.481 e. The van der Waals surface area contributed by atoms with Gasteiger partial charge in [-0.1, -0.05) is 0 Å². The average Bonchev–Trinajstić information content (AvgIpc) is 2.38. The van der Waals surface area contributed by atoms with Crippen molar-refractivity contribution in [1.82, 2.24) is 4.98 Å². The summed E-state index contributed by atoms with van der Waals surface area (Å²) in [5.41, 5.74) is -1.23. The van der Waals surface area contributed by atoms with Gasteiger partial charge in [0.1, 0.15) is 0 Å². The summed E-state index contributed by atoms with van der Waals surface area (Å²) in [5.74, 6) is -2.66. The highest BCUT2D eigenvalue weighted by Gasteiger charge is 2.34. The van der Waals surface area contributed by atoms with Crippen molar-refractivity contribution in [1.29, 1.82) is 0 Å². The lowest BCUT2D eigenvalue weighted by Crippen LogP contribution is -2.20. The van der Waals surface area contributed by atoms with Crippen LogP contribution in [-0.4, -0.2) is 31.0 Å². The van der Waals surface area contributed by atoms with Gasteiger partial charge in [0.2, 0.25) is 11.8 Å². The van der Waals surface area contributed by atoms with Crippen LogP contribution >= 0.6 is 0 Å². The van der Waals surface area contributed by atoms with E-state index >= 15 is 0 Å². The Labute approximate surface area is 122 Å². The first-order chi connectivity index (χ1) is 10.2. The lowest BCUT2D eigenvalue weighted by molar-refractivity contribution is -0.276. The highest BCUT2D eigenvalue weighted by molar-refractivity contribution is 5.73. The highest BCUT2D eigenvalue weighted by atomic mass is 19.4. The van der Waals surface area contributed by atoms with Gasteiger partial charge in [0.15, 0.2) is 0 Å². The molecule has 0 aliphatic rings. The third-order valence-electron chi connectivity index (χ3n) is 2.34. The summed E-state index contributed by atoms with van der Waals surface area (Å²) < 4.78 is 75.4. The number of hydrogen-bond acceptors (Lipinski definition) is 5. The van der Waals surface area contributed by atoms with Crippen LogP contribution in [0.25, 0.3) is 0 Å². The number of halogens is 5. The molecule has 0 bridgehead atoms. The fourth-order valence-electron chi connectivity index (χ4n) is 1.55. The summed E-state index contributed by atoms with van der Waals surface area (Å²) in [7, 11) is 0.969. The summed E-state index contributed by atoms with van der Waals surface area (Å²) >= 11 is 0. The van der Waals surface area contributed by atoms with Crippen LogP contribution in [0.3, 0.4) is 0 Å². The highest BCUT2D eigenvalue weighted by Crippen LogP contribution is 2.34. The van der Waals surface area contributed by atoms with Crippen molar-refractivity contribution >= 4 is 5.97 Å². The second kappa shape index (κ2) is 7.23. The topological polar surface area (TPSA) is 57.7 Å². The molecule has 1 aromatic heterocycles. The van der Waals surface area contributed by atoms with Crippen molar-refractivity contribution in [3.8, 4) is 11.8 Å². The zero-order valence-electron chi connectivity index (χ0n) is 11.5. The molecule has 1 heterocycles. The Kier molecular flexibility index (Phi) is 5.89. The largest absolute Gasteiger partial charge is 0.574 e. The number of ether oxygens (including phenoxy) is 3. The molecule has 5 nitrogen and oxygen atoms in total. The molecular weight excluding hydrogens is 317 g/mol. The number of carbonyl (C=O) groups excluding carboxylic acids is 1. The third kappa shape index (κ3) is 5.01. The second-order valence-electron chi connectivity index (χ2n) is 3.88. The van der Waals surface area contributed by atoms with Crippen molar-refractivity contribution in [2.24, 2.45) is 0 Å². The lowest BCUT2D eigenvalue weighted by Gasteiger charge is -2.15. The van der Waals surface area contributed by atoms with Gasteiger partial charge in [-0.15, -0.1) is 13.2 Å². The van der Waals surface area contributed by atoms with Crippen LogP contribution in [0.15, 0.2) is 6.07 Å². The number of aromatic nitrogens is 1. The number of pyridine rings is 1. The number of carbonyl (C=O) groups is 1. The monoisotopic (exact) mass is 329 g/mol. The number of rotatable bonds is 6. The Morgan fingerprint density at radius 2 is 1.95 bits per heavy atom. The first-order valence-corrected chi connectivity index (χ1v) is 5.95. The molecule has 0 spiro atoms. The maximum Gasteiger partial charge on any atom is 0.574 e. The van der Waals surface area contributed by atoms with E-state index in [0.717, 1.165) is 7.11 Å². The molecule has 0 saturated heterocycles. The van der Waals surface area contributed by atoms with E-state index in [0.29, 0.717) is 6.07 Å². The number of hydrogen-bond donors (Lipinski definition) is 0. The van der Waals surface area contributed by atoms with Crippen molar-refractivity contribution < 1.29 is 41.0 Å². The van der Waals surface area contributed by atoms with Crippen molar-refractivity contribution in [3.63, 3.8) is 0 Å². The zero-order chi connectivity index (χ0) is 16.9. The Morgan fingerprint density at radius 1 is 1.32 bits per heavy atom. The molecule has 0 atom stereocenters. The van der Waals surface area contributed by atoms with Crippen LogP contribution in [0, 0.1) is 0 Å². The van der Waals surface area contributed by atoms with E-state index in [9.17, 15) is 26.7 Å². The van der Waals surface area contributed by atoms with E-state index in [-0.39, 0.29) is 6.61 Å².